The van der Waals surface area contributed by atoms with E-state index in [9.17, 15) is 0 Å². The molecule has 0 saturated carbocycles. The molecule has 254 valence electrons. The third-order valence-corrected chi connectivity index (χ3v) is 13.2. The predicted molar refractivity (Wildman–Crippen MR) is 227 cm³/mol. The molecule has 0 amide bonds. The van der Waals surface area contributed by atoms with E-state index in [1.165, 1.54) is 86.6 Å². The zero-order chi connectivity index (χ0) is 35.7. The molecule has 0 radical (unpaired) electrons. The molecular weight excluding hydrogens is 675 g/mol. The molecule has 10 aromatic rings. The van der Waals surface area contributed by atoms with E-state index in [-0.39, 0.29) is 0 Å². The van der Waals surface area contributed by atoms with Gasteiger partial charge < -0.3 is 9.32 Å². The van der Waals surface area contributed by atoms with Crippen LogP contribution in [0.5, 0.6) is 0 Å². The molecule has 2 nitrogen and oxygen atoms in total. The first kappa shape index (κ1) is 30.1. The standard InChI is InChI=1S/C51H33NOS/c1-30-19-23-32(24-20-30)52(33-25-21-31(2)22-26-33)34-27-28-37-42(29-34)51(40-15-7-3-11-35(40)36-12-4-8-16-41(36)51)48-47(37)50-46(39-14-6-10-18-44(39)54-50)45-38-13-5-9-17-43(38)53-49(45)48/h3-29H,1-2H3. The first-order valence-corrected chi connectivity index (χ1v) is 19.5. The summed E-state index contributed by atoms with van der Waals surface area (Å²) in [5.74, 6) is 0. The minimum Gasteiger partial charge on any atom is -0.456 e. The Morgan fingerprint density at radius 3 is 1.76 bits per heavy atom. The zero-order valence-corrected chi connectivity index (χ0v) is 30.7. The van der Waals surface area contributed by atoms with Gasteiger partial charge in [-0.05, 0) is 95.8 Å². The molecule has 2 heterocycles. The van der Waals surface area contributed by atoms with Crippen molar-refractivity contribution in [3.63, 3.8) is 0 Å². The second-order valence-corrected chi connectivity index (χ2v) is 16.0. The summed E-state index contributed by atoms with van der Waals surface area (Å²) in [5.41, 5.74) is 17.5. The molecule has 0 fully saturated rings. The van der Waals surface area contributed by atoms with Crippen molar-refractivity contribution in [2.24, 2.45) is 0 Å². The number of fused-ring (bicyclic) bond motifs is 19. The van der Waals surface area contributed by atoms with Gasteiger partial charge in [0, 0.05) is 59.1 Å². The van der Waals surface area contributed by atoms with Crippen LogP contribution in [0.15, 0.2) is 168 Å². The van der Waals surface area contributed by atoms with Gasteiger partial charge in [0.1, 0.15) is 11.2 Å². The molecule has 2 aromatic heterocycles. The topological polar surface area (TPSA) is 16.4 Å². The number of hydrogen-bond donors (Lipinski definition) is 0. The average molecular weight is 708 g/mol. The maximum absolute atomic E-state index is 7.20. The van der Waals surface area contributed by atoms with Crippen molar-refractivity contribution in [3.05, 3.63) is 197 Å². The summed E-state index contributed by atoms with van der Waals surface area (Å²) < 4.78 is 9.82. The summed E-state index contributed by atoms with van der Waals surface area (Å²) in [6.45, 7) is 4.30. The SMILES string of the molecule is Cc1ccc(N(c2ccc(C)cc2)c2ccc3c(c2)C2(c4ccccc4-c4ccccc42)c2c-3c3sc4ccccc4c3c3c2oc2ccccc23)cc1. The van der Waals surface area contributed by atoms with E-state index in [0.29, 0.717) is 0 Å². The second kappa shape index (κ2) is 10.8. The van der Waals surface area contributed by atoms with E-state index in [1.807, 2.05) is 11.3 Å². The largest absolute Gasteiger partial charge is 0.456 e. The Hall–Kier alpha value is -6.42. The number of anilines is 3. The fraction of sp³-hybridized carbons (Fsp3) is 0.0588. The highest BCUT2D eigenvalue weighted by Crippen LogP contribution is 2.67. The summed E-state index contributed by atoms with van der Waals surface area (Å²) in [6.07, 6.45) is 0. The van der Waals surface area contributed by atoms with E-state index in [1.54, 1.807) is 0 Å². The molecule has 0 aliphatic heterocycles. The van der Waals surface area contributed by atoms with Gasteiger partial charge in [-0.1, -0.05) is 126 Å². The normalized spacial score (nSPS) is 13.5. The van der Waals surface area contributed by atoms with Crippen molar-refractivity contribution in [2.75, 3.05) is 4.90 Å². The Kier molecular flexibility index (Phi) is 6.03. The summed E-state index contributed by atoms with van der Waals surface area (Å²) in [7, 11) is 0. The van der Waals surface area contributed by atoms with Gasteiger partial charge in [-0.2, -0.15) is 0 Å². The number of thiophene rings is 1. The van der Waals surface area contributed by atoms with Gasteiger partial charge in [0.2, 0.25) is 0 Å². The number of rotatable bonds is 3. The number of aryl methyl sites for hydroxylation is 2. The molecule has 0 unspecified atom stereocenters. The van der Waals surface area contributed by atoms with E-state index >= 15 is 0 Å². The van der Waals surface area contributed by atoms with Gasteiger partial charge in [0.15, 0.2) is 0 Å². The van der Waals surface area contributed by atoms with E-state index in [2.05, 4.69) is 183 Å². The molecule has 12 rings (SSSR count). The number of benzene rings is 8. The van der Waals surface area contributed by atoms with Crippen molar-refractivity contribution in [3.8, 4) is 22.3 Å². The van der Waals surface area contributed by atoms with Gasteiger partial charge in [-0.3, -0.25) is 0 Å². The van der Waals surface area contributed by atoms with E-state index in [4.69, 9.17) is 4.42 Å². The fourth-order valence-electron chi connectivity index (χ4n) is 9.74. The van der Waals surface area contributed by atoms with E-state index in [0.717, 1.165) is 28.2 Å². The monoisotopic (exact) mass is 707 g/mol. The molecule has 54 heavy (non-hydrogen) atoms. The van der Waals surface area contributed by atoms with Crippen molar-refractivity contribution < 1.29 is 4.42 Å². The van der Waals surface area contributed by atoms with Crippen molar-refractivity contribution in [1.29, 1.82) is 0 Å². The van der Waals surface area contributed by atoms with Crippen LogP contribution in [-0.2, 0) is 5.41 Å². The van der Waals surface area contributed by atoms with Crippen molar-refractivity contribution in [2.45, 2.75) is 19.3 Å². The van der Waals surface area contributed by atoms with Gasteiger partial charge in [-0.15, -0.1) is 11.3 Å². The lowest BCUT2D eigenvalue weighted by molar-refractivity contribution is 0.653. The number of furan rings is 1. The van der Waals surface area contributed by atoms with Crippen LogP contribution in [0.1, 0.15) is 33.4 Å². The van der Waals surface area contributed by atoms with Crippen LogP contribution >= 0.6 is 11.3 Å². The molecule has 1 spiro atoms. The van der Waals surface area contributed by atoms with Crippen molar-refractivity contribution >= 4 is 70.5 Å². The van der Waals surface area contributed by atoms with Crippen LogP contribution in [0.25, 0.3) is 64.4 Å². The van der Waals surface area contributed by atoms with Crippen LogP contribution in [-0.4, -0.2) is 0 Å². The molecule has 0 N–H and O–H groups in total. The van der Waals surface area contributed by atoms with Crippen LogP contribution in [0.3, 0.4) is 0 Å². The lowest BCUT2D eigenvalue weighted by Gasteiger charge is -2.32. The van der Waals surface area contributed by atoms with Crippen LogP contribution in [0, 0.1) is 13.8 Å². The van der Waals surface area contributed by atoms with Gasteiger partial charge in [0.05, 0.1) is 5.41 Å². The molecule has 0 saturated heterocycles. The van der Waals surface area contributed by atoms with Crippen LogP contribution in [0.2, 0.25) is 0 Å². The Morgan fingerprint density at radius 1 is 0.500 bits per heavy atom. The quantitative estimate of drug-likeness (QED) is 0.182. The maximum Gasteiger partial charge on any atom is 0.141 e. The smallest absolute Gasteiger partial charge is 0.141 e. The maximum atomic E-state index is 7.20. The Morgan fingerprint density at radius 2 is 1.07 bits per heavy atom. The summed E-state index contributed by atoms with van der Waals surface area (Å²) in [6, 6.07) is 60.7. The minimum absolute atomic E-state index is 0.601. The van der Waals surface area contributed by atoms with E-state index < -0.39 is 5.41 Å². The Labute approximate surface area is 317 Å². The van der Waals surface area contributed by atoms with Crippen molar-refractivity contribution in [1.82, 2.24) is 0 Å². The highest BCUT2D eigenvalue weighted by atomic mass is 32.1. The molecule has 8 aromatic carbocycles. The molecule has 0 bridgehead atoms. The summed E-state index contributed by atoms with van der Waals surface area (Å²) in [5, 5.41) is 4.96. The number of para-hydroxylation sites is 1. The summed E-state index contributed by atoms with van der Waals surface area (Å²) >= 11 is 1.92. The highest BCUT2D eigenvalue weighted by molar-refractivity contribution is 7.26. The zero-order valence-electron chi connectivity index (χ0n) is 29.9. The van der Waals surface area contributed by atoms with Crippen LogP contribution in [0.4, 0.5) is 17.1 Å². The Balaban J connectivity index is 1.28. The molecule has 3 heteroatoms. The molecular formula is C51H33NOS. The highest BCUT2D eigenvalue weighted by Gasteiger charge is 2.54. The number of hydrogen-bond acceptors (Lipinski definition) is 3. The molecule has 2 aliphatic rings. The van der Waals surface area contributed by atoms with Crippen LogP contribution < -0.4 is 4.90 Å². The minimum atomic E-state index is -0.601. The third-order valence-electron chi connectivity index (χ3n) is 12.0. The lowest BCUT2D eigenvalue weighted by atomic mass is 9.70. The predicted octanol–water partition coefficient (Wildman–Crippen LogP) is 14.4. The first-order valence-electron chi connectivity index (χ1n) is 18.7. The fourth-order valence-corrected chi connectivity index (χ4v) is 11.0. The molecule has 0 atom stereocenters. The lowest BCUT2D eigenvalue weighted by Crippen LogP contribution is -2.26. The van der Waals surface area contributed by atoms with Gasteiger partial charge >= 0.3 is 0 Å². The summed E-state index contributed by atoms with van der Waals surface area (Å²) in [4.78, 5) is 2.41. The average Bonchev–Trinajstić information content (AvgIpc) is 3.94. The Bertz CT molecular complexity index is 3090. The first-order chi connectivity index (χ1) is 26.6. The second-order valence-electron chi connectivity index (χ2n) is 14.9. The number of nitrogens with zero attached hydrogens (tertiary/aromatic N) is 1. The third kappa shape index (κ3) is 3.79. The molecule has 2 aliphatic carbocycles. The van der Waals surface area contributed by atoms with Gasteiger partial charge in [0.25, 0.3) is 0 Å². The van der Waals surface area contributed by atoms with Gasteiger partial charge in [-0.25, -0.2) is 0 Å².